The van der Waals surface area contributed by atoms with Crippen molar-refractivity contribution >= 4 is 29.5 Å². The zero-order valence-electron chi connectivity index (χ0n) is 11.1. The largest absolute Gasteiger partial charge is 0.351 e. The average Bonchev–Trinajstić information content (AvgIpc) is 2.69. The molecule has 3 saturated heterocycles. The van der Waals surface area contributed by atoms with Gasteiger partial charge in [-0.2, -0.15) is 0 Å². The standard InChI is InChI=1S/C13H19N3OS2/c1-8-11(19-13(18)14-8)6-12(17)15-10-7-16-4-2-9(10)3-5-16/h9-10H,2-7H2,1H3,(H,14,18)(H,15,17). The van der Waals surface area contributed by atoms with Gasteiger partial charge in [-0.3, -0.25) is 4.79 Å². The number of hydrogen-bond acceptors (Lipinski definition) is 4. The lowest BCUT2D eigenvalue weighted by atomic mass is 9.84. The summed E-state index contributed by atoms with van der Waals surface area (Å²) in [5.74, 6) is 0.812. The minimum absolute atomic E-state index is 0.132. The van der Waals surface area contributed by atoms with Crippen molar-refractivity contribution in [2.24, 2.45) is 5.92 Å². The number of thiazole rings is 1. The quantitative estimate of drug-likeness (QED) is 0.837. The number of aromatic nitrogens is 1. The number of piperidine rings is 3. The van der Waals surface area contributed by atoms with Crippen molar-refractivity contribution in [2.45, 2.75) is 32.2 Å². The highest BCUT2D eigenvalue weighted by Gasteiger charge is 2.34. The van der Waals surface area contributed by atoms with E-state index in [9.17, 15) is 4.79 Å². The molecular formula is C13H19N3OS2. The molecule has 2 bridgehead atoms. The second-order valence-electron chi connectivity index (χ2n) is 5.55. The summed E-state index contributed by atoms with van der Waals surface area (Å²) < 4.78 is 0.753. The number of hydrogen-bond donors (Lipinski definition) is 2. The summed E-state index contributed by atoms with van der Waals surface area (Å²) in [6.07, 6.45) is 2.91. The Morgan fingerprint density at radius 3 is 2.79 bits per heavy atom. The van der Waals surface area contributed by atoms with Gasteiger partial charge in [-0.1, -0.05) is 0 Å². The molecule has 19 heavy (non-hydrogen) atoms. The van der Waals surface area contributed by atoms with Gasteiger partial charge in [0, 0.05) is 23.2 Å². The molecule has 1 atom stereocenters. The van der Waals surface area contributed by atoms with Crippen LogP contribution in [0.4, 0.5) is 0 Å². The monoisotopic (exact) mass is 297 g/mol. The van der Waals surface area contributed by atoms with Crippen molar-refractivity contribution < 1.29 is 4.79 Å². The van der Waals surface area contributed by atoms with Crippen LogP contribution in [-0.4, -0.2) is 41.5 Å². The Labute approximate surface area is 122 Å². The highest BCUT2D eigenvalue weighted by Crippen LogP contribution is 2.27. The molecule has 1 aromatic rings. The summed E-state index contributed by atoms with van der Waals surface area (Å²) in [6, 6.07) is 0.349. The van der Waals surface area contributed by atoms with Crippen LogP contribution < -0.4 is 5.32 Å². The molecule has 0 radical (unpaired) electrons. The Morgan fingerprint density at radius 1 is 1.53 bits per heavy atom. The molecule has 104 valence electrons. The lowest BCUT2D eigenvalue weighted by Gasteiger charge is -2.44. The van der Waals surface area contributed by atoms with E-state index in [1.54, 1.807) is 0 Å². The highest BCUT2D eigenvalue weighted by molar-refractivity contribution is 7.73. The van der Waals surface area contributed by atoms with Gasteiger partial charge in [-0.25, -0.2) is 0 Å². The molecule has 4 heterocycles. The van der Waals surface area contributed by atoms with Gasteiger partial charge in [0.1, 0.15) is 0 Å². The fourth-order valence-electron chi connectivity index (χ4n) is 3.14. The zero-order valence-corrected chi connectivity index (χ0v) is 12.7. The molecule has 1 amide bonds. The second kappa shape index (κ2) is 5.34. The second-order valence-corrected chi connectivity index (χ2v) is 7.32. The maximum Gasteiger partial charge on any atom is 0.225 e. The van der Waals surface area contributed by atoms with Crippen LogP contribution in [0.2, 0.25) is 0 Å². The molecule has 4 rings (SSSR count). The number of aromatic amines is 1. The topological polar surface area (TPSA) is 48.1 Å². The molecule has 0 spiro atoms. The Balaban J connectivity index is 1.60. The van der Waals surface area contributed by atoms with E-state index >= 15 is 0 Å². The summed E-state index contributed by atoms with van der Waals surface area (Å²) in [5, 5.41) is 3.21. The van der Waals surface area contributed by atoms with Crippen LogP contribution in [0, 0.1) is 16.8 Å². The van der Waals surface area contributed by atoms with E-state index in [4.69, 9.17) is 12.2 Å². The van der Waals surface area contributed by atoms with Crippen LogP contribution >= 0.6 is 23.6 Å². The average molecular weight is 297 g/mol. The molecule has 4 nitrogen and oxygen atoms in total. The Bertz CT molecular complexity index is 528. The first-order valence-electron chi connectivity index (χ1n) is 6.82. The number of H-pyrrole nitrogens is 1. The number of rotatable bonds is 3. The van der Waals surface area contributed by atoms with Crippen LogP contribution in [0.25, 0.3) is 0 Å². The molecule has 0 aliphatic carbocycles. The lowest BCUT2D eigenvalue weighted by Crippen LogP contribution is -2.57. The Kier molecular flexibility index (Phi) is 3.73. The smallest absolute Gasteiger partial charge is 0.225 e. The minimum atomic E-state index is 0.132. The van der Waals surface area contributed by atoms with E-state index in [0.29, 0.717) is 18.4 Å². The number of nitrogens with zero attached hydrogens (tertiary/aromatic N) is 1. The summed E-state index contributed by atoms with van der Waals surface area (Å²) in [6.45, 7) is 5.41. The Hall–Kier alpha value is -0.720. The maximum absolute atomic E-state index is 12.1. The predicted molar refractivity (Wildman–Crippen MR) is 79.0 cm³/mol. The van der Waals surface area contributed by atoms with Crippen LogP contribution in [-0.2, 0) is 11.2 Å². The number of amides is 1. The molecule has 1 unspecified atom stereocenters. The third-order valence-electron chi connectivity index (χ3n) is 4.25. The van der Waals surface area contributed by atoms with Crippen molar-refractivity contribution in [3.8, 4) is 0 Å². The van der Waals surface area contributed by atoms with Crippen LogP contribution in [0.5, 0.6) is 0 Å². The summed E-state index contributed by atoms with van der Waals surface area (Å²) in [5.41, 5.74) is 1.03. The molecule has 0 saturated carbocycles. The third kappa shape index (κ3) is 2.90. The fraction of sp³-hybridized carbons (Fsp3) is 0.692. The first-order chi connectivity index (χ1) is 9.11. The van der Waals surface area contributed by atoms with Crippen LogP contribution in [0.15, 0.2) is 0 Å². The summed E-state index contributed by atoms with van der Waals surface area (Å²) >= 11 is 6.61. The van der Waals surface area contributed by atoms with E-state index < -0.39 is 0 Å². The van der Waals surface area contributed by atoms with Gasteiger partial charge in [-0.15, -0.1) is 11.3 Å². The number of aryl methyl sites for hydroxylation is 1. The molecular weight excluding hydrogens is 278 g/mol. The van der Waals surface area contributed by atoms with Crippen molar-refractivity contribution in [3.05, 3.63) is 14.5 Å². The summed E-state index contributed by atoms with van der Waals surface area (Å²) in [7, 11) is 0. The van der Waals surface area contributed by atoms with Gasteiger partial charge in [0.05, 0.1) is 6.42 Å². The number of carbonyl (C=O) groups is 1. The normalized spacial score (nSPS) is 29.4. The number of carbonyl (C=O) groups excluding carboxylic acids is 1. The van der Waals surface area contributed by atoms with Gasteiger partial charge in [0.25, 0.3) is 0 Å². The summed E-state index contributed by atoms with van der Waals surface area (Å²) in [4.78, 5) is 18.8. The van der Waals surface area contributed by atoms with E-state index in [1.165, 1.54) is 37.3 Å². The van der Waals surface area contributed by atoms with Gasteiger partial charge in [0.15, 0.2) is 3.95 Å². The van der Waals surface area contributed by atoms with Crippen molar-refractivity contribution in [2.75, 3.05) is 19.6 Å². The van der Waals surface area contributed by atoms with Crippen molar-refractivity contribution in [1.82, 2.24) is 15.2 Å². The predicted octanol–water partition coefficient (Wildman–Crippen LogP) is 1.87. The van der Waals surface area contributed by atoms with Crippen LogP contribution in [0.3, 0.4) is 0 Å². The molecule has 2 N–H and O–H groups in total. The van der Waals surface area contributed by atoms with Gasteiger partial charge < -0.3 is 15.2 Å². The SMILES string of the molecule is Cc1[nH]c(=S)sc1CC(=O)NC1CN2CCC1CC2. The Morgan fingerprint density at radius 2 is 2.26 bits per heavy atom. The van der Waals surface area contributed by atoms with Crippen LogP contribution in [0.1, 0.15) is 23.4 Å². The van der Waals surface area contributed by atoms with E-state index in [0.717, 1.165) is 21.1 Å². The van der Waals surface area contributed by atoms with Gasteiger partial charge >= 0.3 is 0 Å². The number of fused-ring (bicyclic) bond motifs is 3. The maximum atomic E-state index is 12.1. The van der Waals surface area contributed by atoms with E-state index in [-0.39, 0.29) is 5.91 Å². The molecule has 3 aliphatic rings. The van der Waals surface area contributed by atoms with E-state index in [2.05, 4.69) is 15.2 Å². The lowest BCUT2D eigenvalue weighted by molar-refractivity contribution is -0.122. The highest BCUT2D eigenvalue weighted by atomic mass is 32.1. The van der Waals surface area contributed by atoms with Gasteiger partial charge in [0.2, 0.25) is 5.91 Å². The van der Waals surface area contributed by atoms with Crippen molar-refractivity contribution in [1.29, 1.82) is 0 Å². The van der Waals surface area contributed by atoms with E-state index in [1.807, 2.05) is 6.92 Å². The number of nitrogens with one attached hydrogen (secondary N) is 2. The zero-order chi connectivity index (χ0) is 13.4. The fourth-order valence-corrected chi connectivity index (χ4v) is 4.43. The molecule has 3 aliphatic heterocycles. The minimum Gasteiger partial charge on any atom is -0.351 e. The molecule has 1 aromatic heterocycles. The third-order valence-corrected chi connectivity index (χ3v) is 5.58. The molecule has 6 heteroatoms. The molecule has 3 fully saturated rings. The van der Waals surface area contributed by atoms with Gasteiger partial charge in [-0.05, 0) is 51.0 Å². The first kappa shape index (κ1) is 13.3. The first-order valence-corrected chi connectivity index (χ1v) is 8.04. The molecule has 0 aromatic carbocycles. The van der Waals surface area contributed by atoms with Crippen molar-refractivity contribution in [3.63, 3.8) is 0 Å².